The number of rotatable bonds is 4. The van der Waals surface area contributed by atoms with Crippen molar-refractivity contribution < 1.29 is 14.3 Å². The second-order valence-electron chi connectivity index (χ2n) is 6.39. The number of esters is 1. The number of para-hydroxylation sites is 1. The predicted molar refractivity (Wildman–Crippen MR) is 109 cm³/mol. The summed E-state index contributed by atoms with van der Waals surface area (Å²) < 4.78 is 5.32. The van der Waals surface area contributed by atoms with E-state index in [2.05, 4.69) is 20.3 Å². The van der Waals surface area contributed by atoms with Gasteiger partial charge >= 0.3 is 11.7 Å². The highest BCUT2D eigenvalue weighted by Gasteiger charge is 2.21. The summed E-state index contributed by atoms with van der Waals surface area (Å²) in [6.07, 6.45) is -1.06. The van der Waals surface area contributed by atoms with Gasteiger partial charge in [0.05, 0.1) is 22.1 Å². The topological polar surface area (TPSA) is 117 Å². The number of imidazole rings is 1. The van der Waals surface area contributed by atoms with Crippen LogP contribution in [0.4, 0.5) is 5.69 Å². The Bertz CT molecular complexity index is 1310. The molecule has 0 saturated carbocycles. The average molecular weight is 411 g/mol. The molecular formula is C20H15ClN4O4. The van der Waals surface area contributed by atoms with Crippen molar-refractivity contribution in [1.82, 2.24) is 15.0 Å². The fraction of sp³-hybridized carbons (Fsp3) is 0.100. The van der Waals surface area contributed by atoms with Crippen LogP contribution >= 0.6 is 11.6 Å². The van der Waals surface area contributed by atoms with Crippen LogP contribution in [0.5, 0.6) is 0 Å². The minimum absolute atomic E-state index is 0.154. The summed E-state index contributed by atoms with van der Waals surface area (Å²) in [5.74, 6) is -1.20. The van der Waals surface area contributed by atoms with Gasteiger partial charge in [-0.1, -0.05) is 29.8 Å². The molecule has 4 aromatic rings. The zero-order chi connectivity index (χ0) is 20.5. The molecule has 2 aromatic carbocycles. The van der Waals surface area contributed by atoms with Gasteiger partial charge in [-0.05, 0) is 37.3 Å². The van der Waals surface area contributed by atoms with E-state index in [1.807, 2.05) is 0 Å². The molecule has 0 aliphatic heterocycles. The predicted octanol–water partition coefficient (Wildman–Crippen LogP) is 3.24. The summed E-state index contributed by atoms with van der Waals surface area (Å²) in [5.41, 5.74) is 2.07. The number of pyridine rings is 1. The van der Waals surface area contributed by atoms with Crippen molar-refractivity contribution in [2.75, 3.05) is 5.32 Å². The van der Waals surface area contributed by atoms with Gasteiger partial charge in [0.15, 0.2) is 6.10 Å². The number of aromatic amines is 2. The van der Waals surface area contributed by atoms with E-state index < -0.39 is 18.0 Å². The van der Waals surface area contributed by atoms with Gasteiger partial charge in [-0.15, -0.1) is 0 Å². The summed E-state index contributed by atoms with van der Waals surface area (Å²) in [6.45, 7) is 1.47. The number of aromatic nitrogens is 3. The molecule has 2 aromatic heterocycles. The number of nitrogens with one attached hydrogen (secondary N) is 3. The summed E-state index contributed by atoms with van der Waals surface area (Å²) in [7, 11) is 0. The highest BCUT2D eigenvalue weighted by Crippen LogP contribution is 2.22. The van der Waals surface area contributed by atoms with Crippen LogP contribution in [0.25, 0.3) is 21.9 Å². The van der Waals surface area contributed by atoms with E-state index in [1.54, 1.807) is 42.5 Å². The number of amides is 1. The van der Waals surface area contributed by atoms with Gasteiger partial charge in [-0.25, -0.2) is 14.6 Å². The number of halogens is 1. The maximum atomic E-state index is 12.6. The van der Waals surface area contributed by atoms with Crippen molar-refractivity contribution >= 4 is 51.1 Å². The van der Waals surface area contributed by atoms with E-state index in [9.17, 15) is 14.4 Å². The third kappa shape index (κ3) is 3.83. The quantitative estimate of drug-likeness (QED) is 0.352. The van der Waals surface area contributed by atoms with Gasteiger partial charge in [0.1, 0.15) is 5.15 Å². The number of ether oxygens (including phenoxy) is 1. The molecule has 4 rings (SSSR count). The average Bonchev–Trinajstić information content (AvgIpc) is 3.06. The molecule has 0 aliphatic rings. The first-order valence-electron chi connectivity index (χ1n) is 8.70. The summed E-state index contributed by atoms with van der Waals surface area (Å²) >= 11 is 6.00. The molecule has 0 spiro atoms. The van der Waals surface area contributed by atoms with Gasteiger partial charge in [0.2, 0.25) is 0 Å². The summed E-state index contributed by atoms with van der Waals surface area (Å²) in [4.78, 5) is 45.8. The van der Waals surface area contributed by atoms with Crippen LogP contribution < -0.4 is 11.0 Å². The van der Waals surface area contributed by atoms with Crippen LogP contribution in [-0.4, -0.2) is 32.9 Å². The van der Waals surface area contributed by atoms with Crippen molar-refractivity contribution in [2.45, 2.75) is 13.0 Å². The molecule has 8 nitrogen and oxygen atoms in total. The molecule has 3 N–H and O–H groups in total. The lowest BCUT2D eigenvalue weighted by atomic mass is 10.1. The largest absolute Gasteiger partial charge is 0.449 e. The van der Waals surface area contributed by atoms with Crippen LogP contribution in [0, 0.1) is 0 Å². The molecule has 2 heterocycles. The number of carbonyl (C=O) groups excluding carboxylic acids is 2. The normalized spacial score (nSPS) is 12.1. The van der Waals surface area contributed by atoms with Crippen LogP contribution in [0.15, 0.2) is 53.3 Å². The van der Waals surface area contributed by atoms with E-state index in [4.69, 9.17) is 16.3 Å². The highest BCUT2D eigenvalue weighted by molar-refractivity contribution is 6.30. The molecular weight excluding hydrogens is 396 g/mol. The standard InChI is InChI=1S/C20H15ClN4O4/c1-10(18(26)22-11-6-7-15-16(8-11)25-20(28)24-15)29-19(27)13-9-17(21)23-14-5-3-2-4-12(13)14/h2-10H,1H3,(H,22,26)(H2,24,25,28)/t10-/m1/s1. The fourth-order valence-electron chi connectivity index (χ4n) is 2.94. The Kier molecular flexibility index (Phi) is 4.77. The lowest BCUT2D eigenvalue weighted by molar-refractivity contribution is -0.123. The first-order valence-corrected chi connectivity index (χ1v) is 9.08. The molecule has 1 amide bonds. The lowest BCUT2D eigenvalue weighted by Gasteiger charge is -2.14. The molecule has 0 unspecified atom stereocenters. The Morgan fingerprint density at radius 1 is 1.10 bits per heavy atom. The fourth-order valence-corrected chi connectivity index (χ4v) is 3.14. The second kappa shape index (κ2) is 7.40. The molecule has 9 heteroatoms. The Labute approximate surface area is 168 Å². The molecule has 0 saturated heterocycles. The SMILES string of the molecule is C[C@@H](OC(=O)c1cc(Cl)nc2ccccc12)C(=O)Nc1ccc2[nH]c(=O)[nH]c2c1. The highest BCUT2D eigenvalue weighted by atomic mass is 35.5. The summed E-state index contributed by atoms with van der Waals surface area (Å²) in [5, 5.41) is 3.39. The number of H-pyrrole nitrogens is 2. The third-order valence-corrected chi connectivity index (χ3v) is 4.54. The van der Waals surface area contributed by atoms with E-state index in [1.165, 1.54) is 13.0 Å². The molecule has 1 atom stereocenters. The number of nitrogens with zero attached hydrogens (tertiary/aromatic N) is 1. The Balaban J connectivity index is 1.51. The van der Waals surface area contributed by atoms with Gasteiger partial charge in [-0.2, -0.15) is 0 Å². The van der Waals surface area contributed by atoms with E-state index in [0.29, 0.717) is 27.6 Å². The van der Waals surface area contributed by atoms with Gasteiger partial charge in [-0.3, -0.25) is 4.79 Å². The van der Waals surface area contributed by atoms with Crippen molar-refractivity contribution in [2.24, 2.45) is 0 Å². The molecule has 0 radical (unpaired) electrons. The Morgan fingerprint density at radius 3 is 2.69 bits per heavy atom. The van der Waals surface area contributed by atoms with Crippen molar-refractivity contribution in [1.29, 1.82) is 0 Å². The first kappa shape index (κ1) is 18.7. The smallest absolute Gasteiger partial charge is 0.339 e. The zero-order valence-electron chi connectivity index (χ0n) is 15.2. The van der Waals surface area contributed by atoms with Gasteiger partial charge < -0.3 is 20.0 Å². The third-order valence-electron chi connectivity index (χ3n) is 4.34. The minimum atomic E-state index is -1.06. The maximum Gasteiger partial charge on any atom is 0.339 e. The number of hydrogen-bond acceptors (Lipinski definition) is 5. The summed E-state index contributed by atoms with van der Waals surface area (Å²) in [6, 6.07) is 13.3. The molecule has 0 aliphatic carbocycles. The minimum Gasteiger partial charge on any atom is -0.449 e. The number of carbonyl (C=O) groups is 2. The van der Waals surface area contributed by atoms with E-state index in [0.717, 1.165) is 0 Å². The van der Waals surface area contributed by atoms with E-state index >= 15 is 0 Å². The molecule has 0 fully saturated rings. The monoisotopic (exact) mass is 410 g/mol. The van der Waals surface area contributed by atoms with Crippen LogP contribution in [0.3, 0.4) is 0 Å². The second-order valence-corrected chi connectivity index (χ2v) is 6.77. The number of hydrogen-bond donors (Lipinski definition) is 3. The van der Waals surface area contributed by atoms with Gasteiger partial charge in [0.25, 0.3) is 5.91 Å². The Morgan fingerprint density at radius 2 is 1.86 bits per heavy atom. The first-order chi connectivity index (χ1) is 13.9. The van der Waals surface area contributed by atoms with Crippen LogP contribution in [0.1, 0.15) is 17.3 Å². The zero-order valence-corrected chi connectivity index (χ0v) is 15.9. The van der Waals surface area contributed by atoms with Crippen molar-refractivity contribution in [3.8, 4) is 0 Å². The molecule has 29 heavy (non-hydrogen) atoms. The number of fused-ring (bicyclic) bond motifs is 2. The Hall–Kier alpha value is -3.65. The number of benzene rings is 2. The molecule has 146 valence electrons. The van der Waals surface area contributed by atoms with Crippen LogP contribution in [-0.2, 0) is 9.53 Å². The van der Waals surface area contributed by atoms with Crippen molar-refractivity contribution in [3.05, 3.63) is 69.7 Å². The van der Waals surface area contributed by atoms with Crippen molar-refractivity contribution in [3.63, 3.8) is 0 Å². The van der Waals surface area contributed by atoms with E-state index in [-0.39, 0.29) is 16.4 Å². The lowest BCUT2D eigenvalue weighted by Crippen LogP contribution is -2.30. The maximum absolute atomic E-state index is 12.6. The number of anilines is 1. The molecule has 0 bridgehead atoms. The van der Waals surface area contributed by atoms with Crippen LogP contribution in [0.2, 0.25) is 5.15 Å². The van der Waals surface area contributed by atoms with Gasteiger partial charge in [0, 0.05) is 11.1 Å².